The molecule has 0 bridgehead atoms. The van der Waals surface area contributed by atoms with Gasteiger partial charge in [-0.2, -0.15) is 4.31 Å². The summed E-state index contributed by atoms with van der Waals surface area (Å²) >= 11 is 0. The van der Waals surface area contributed by atoms with Gasteiger partial charge in [0.1, 0.15) is 0 Å². The van der Waals surface area contributed by atoms with Gasteiger partial charge in [0, 0.05) is 24.7 Å². The van der Waals surface area contributed by atoms with Crippen molar-refractivity contribution in [2.45, 2.75) is 43.0 Å². The number of hydrogen-bond acceptors (Lipinski definition) is 5. The minimum atomic E-state index is -3.67. The lowest BCUT2D eigenvalue weighted by atomic mass is 10.2. The van der Waals surface area contributed by atoms with Crippen molar-refractivity contribution in [3.8, 4) is 0 Å². The number of sulfonamides is 1. The van der Waals surface area contributed by atoms with E-state index in [9.17, 15) is 22.8 Å². The normalized spacial score (nSPS) is 17.8. The highest BCUT2D eigenvalue weighted by Crippen LogP contribution is 2.21. The van der Waals surface area contributed by atoms with Crippen LogP contribution in [0.3, 0.4) is 0 Å². The molecule has 0 unspecified atom stereocenters. The van der Waals surface area contributed by atoms with Crippen molar-refractivity contribution in [1.82, 2.24) is 20.5 Å². The first kappa shape index (κ1) is 19.3. The molecule has 1 aromatic carbocycles. The van der Waals surface area contributed by atoms with Crippen LogP contribution < -0.4 is 16.2 Å². The molecule has 3 rings (SSSR count). The van der Waals surface area contributed by atoms with Crippen molar-refractivity contribution in [1.29, 1.82) is 0 Å². The van der Waals surface area contributed by atoms with Crippen LogP contribution in [0.5, 0.6) is 0 Å². The maximum Gasteiger partial charge on any atom is 0.327 e. The van der Waals surface area contributed by atoms with Gasteiger partial charge in [-0.3, -0.25) is 25.2 Å². The van der Waals surface area contributed by atoms with Crippen molar-refractivity contribution in [3.05, 3.63) is 29.8 Å². The van der Waals surface area contributed by atoms with E-state index in [1.165, 1.54) is 28.6 Å². The summed E-state index contributed by atoms with van der Waals surface area (Å²) in [4.78, 5) is 35.4. The van der Waals surface area contributed by atoms with Gasteiger partial charge in [0.2, 0.25) is 10.0 Å². The van der Waals surface area contributed by atoms with E-state index in [-0.39, 0.29) is 16.5 Å². The Morgan fingerprint density at radius 1 is 0.963 bits per heavy atom. The predicted molar refractivity (Wildman–Crippen MR) is 95.8 cm³/mol. The molecule has 1 heterocycles. The molecule has 2 fully saturated rings. The number of hydrazine groups is 1. The second kappa shape index (κ2) is 8.05. The Hall–Kier alpha value is -2.46. The number of nitrogens with one attached hydrogen (secondary N) is 3. The van der Waals surface area contributed by atoms with Crippen LogP contribution in [0.1, 0.15) is 42.5 Å². The number of benzene rings is 1. The maximum absolute atomic E-state index is 12.7. The first-order valence-electron chi connectivity index (χ1n) is 8.89. The molecule has 3 N–H and O–H groups in total. The molecular weight excluding hydrogens is 372 g/mol. The summed E-state index contributed by atoms with van der Waals surface area (Å²) < 4.78 is 26.8. The van der Waals surface area contributed by atoms with Crippen LogP contribution in [0, 0.1) is 0 Å². The van der Waals surface area contributed by atoms with Gasteiger partial charge in [0.05, 0.1) is 4.90 Å². The van der Waals surface area contributed by atoms with E-state index in [2.05, 4.69) is 10.7 Å². The van der Waals surface area contributed by atoms with Crippen LogP contribution in [0.4, 0.5) is 0 Å². The van der Waals surface area contributed by atoms with Crippen molar-refractivity contribution in [3.63, 3.8) is 0 Å². The van der Waals surface area contributed by atoms with Crippen molar-refractivity contribution in [2.24, 2.45) is 0 Å². The number of rotatable bonds is 4. The van der Waals surface area contributed by atoms with E-state index in [4.69, 9.17) is 0 Å². The number of piperidine rings is 1. The highest BCUT2D eigenvalue weighted by molar-refractivity contribution is 7.89. The number of carbonyl (C=O) groups excluding carboxylic acids is 3. The Morgan fingerprint density at radius 3 is 2.33 bits per heavy atom. The van der Waals surface area contributed by atoms with Gasteiger partial charge < -0.3 is 5.32 Å². The Morgan fingerprint density at radius 2 is 1.67 bits per heavy atom. The van der Waals surface area contributed by atoms with Crippen molar-refractivity contribution < 1.29 is 22.8 Å². The fourth-order valence-electron chi connectivity index (χ4n) is 2.77. The Kier molecular flexibility index (Phi) is 5.76. The van der Waals surface area contributed by atoms with Crippen molar-refractivity contribution >= 4 is 27.7 Å². The summed E-state index contributed by atoms with van der Waals surface area (Å²) in [5.74, 6) is -2.51. The third-order valence-corrected chi connectivity index (χ3v) is 6.35. The van der Waals surface area contributed by atoms with Crippen LogP contribution in [0.25, 0.3) is 0 Å². The van der Waals surface area contributed by atoms with E-state index in [0.29, 0.717) is 13.1 Å². The molecule has 2 aliphatic rings. The first-order valence-corrected chi connectivity index (χ1v) is 10.3. The number of carbonyl (C=O) groups is 3. The summed E-state index contributed by atoms with van der Waals surface area (Å²) in [7, 11) is -3.67. The average Bonchev–Trinajstić information content (AvgIpc) is 3.50. The minimum absolute atomic E-state index is 0.0230. The standard InChI is InChI=1S/C17H22N4O5S/c22-15(19-20-17(24)16(23)18-13-7-8-13)12-5-4-6-14(11-12)27(25,26)21-9-2-1-3-10-21/h4-6,11,13H,1-3,7-10H2,(H,18,23)(H,19,22)(H,20,24). The van der Waals surface area contributed by atoms with E-state index in [0.717, 1.165) is 32.1 Å². The zero-order valence-electron chi connectivity index (χ0n) is 14.7. The molecule has 0 spiro atoms. The Bertz CT molecular complexity index is 845. The second-order valence-corrected chi connectivity index (χ2v) is 8.59. The number of nitrogens with zero attached hydrogens (tertiary/aromatic N) is 1. The fourth-order valence-corrected chi connectivity index (χ4v) is 4.34. The van der Waals surface area contributed by atoms with Crippen molar-refractivity contribution in [2.75, 3.05) is 13.1 Å². The number of hydrogen-bond donors (Lipinski definition) is 3. The second-order valence-electron chi connectivity index (χ2n) is 6.65. The van der Waals surface area contributed by atoms with E-state index >= 15 is 0 Å². The molecule has 0 aromatic heterocycles. The quantitative estimate of drug-likeness (QED) is 0.486. The number of amides is 3. The highest BCUT2D eigenvalue weighted by atomic mass is 32.2. The summed E-state index contributed by atoms with van der Waals surface area (Å²) in [5.41, 5.74) is 4.21. The van der Waals surface area contributed by atoms with Gasteiger partial charge in [-0.1, -0.05) is 12.5 Å². The monoisotopic (exact) mass is 394 g/mol. The first-order chi connectivity index (χ1) is 12.9. The van der Waals surface area contributed by atoms with E-state index in [1.807, 2.05) is 5.43 Å². The van der Waals surface area contributed by atoms with Crippen LogP contribution in [-0.4, -0.2) is 49.6 Å². The van der Waals surface area contributed by atoms with Crippen LogP contribution in [0.15, 0.2) is 29.2 Å². The van der Waals surface area contributed by atoms with Crippen LogP contribution >= 0.6 is 0 Å². The van der Waals surface area contributed by atoms with Gasteiger partial charge in [0.15, 0.2) is 0 Å². The Balaban J connectivity index is 1.62. The molecule has 9 nitrogen and oxygen atoms in total. The molecule has 1 saturated carbocycles. The molecule has 146 valence electrons. The fraction of sp³-hybridized carbons (Fsp3) is 0.471. The predicted octanol–water partition coefficient (Wildman–Crippen LogP) is -0.0992. The van der Waals surface area contributed by atoms with E-state index < -0.39 is 27.7 Å². The Labute approximate surface area is 157 Å². The molecule has 27 heavy (non-hydrogen) atoms. The molecule has 1 saturated heterocycles. The zero-order chi connectivity index (χ0) is 19.4. The molecule has 1 aromatic rings. The molecule has 1 aliphatic carbocycles. The summed E-state index contributed by atoms with van der Waals surface area (Å²) in [5, 5.41) is 2.50. The summed E-state index contributed by atoms with van der Waals surface area (Å²) in [6.45, 7) is 0.926. The van der Waals surface area contributed by atoms with E-state index in [1.54, 1.807) is 0 Å². The van der Waals surface area contributed by atoms with Gasteiger partial charge >= 0.3 is 11.8 Å². The highest BCUT2D eigenvalue weighted by Gasteiger charge is 2.28. The lowest BCUT2D eigenvalue weighted by Crippen LogP contribution is -2.49. The lowest BCUT2D eigenvalue weighted by molar-refractivity contribution is -0.139. The molecule has 0 radical (unpaired) electrons. The average molecular weight is 394 g/mol. The van der Waals surface area contributed by atoms with Crippen LogP contribution in [0.2, 0.25) is 0 Å². The SMILES string of the molecule is O=C(NNC(=O)c1cccc(S(=O)(=O)N2CCCCC2)c1)C(=O)NC1CC1. The lowest BCUT2D eigenvalue weighted by Gasteiger charge is -2.26. The van der Waals surface area contributed by atoms with Crippen LogP contribution in [-0.2, 0) is 19.6 Å². The zero-order valence-corrected chi connectivity index (χ0v) is 15.5. The molecule has 3 amide bonds. The summed E-state index contributed by atoms with van der Waals surface area (Å²) in [6.07, 6.45) is 4.30. The molecule has 0 atom stereocenters. The van der Waals surface area contributed by atoms with Gasteiger partial charge in [-0.15, -0.1) is 0 Å². The smallest absolute Gasteiger partial charge is 0.327 e. The maximum atomic E-state index is 12.7. The van der Waals surface area contributed by atoms with Gasteiger partial charge in [-0.05, 0) is 43.9 Å². The van der Waals surface area contributed by atoms with Gasteiger partial charge in [0.25, 0.3) is 5.91 Å². The largest absolute Gasteiger partial charge is 0.345 e. The molecule has 10 heteroatoms. The summed E-state index contributed by atoms with van der Waals surface area (Å²) in [6, 6.07) is 5.61. The van der Waals surface area contributed by atoms with Gasteiger partial charge in [-0.25, -0.2) is 8.42 Å². The molecule has 1 aliphatic heterocycles. The topological polar surface area (TPSA) is 125 Å². The third kappa shape index (κ3) is 4.83. The minimum Gasteiger partial charge on any atom is -0.345 e. The third-order valence-electron chi connectivity index (χ3n) is 4.46. The molecular formula is C17H22N4O5S.